The standard InChI is InChI=1S/C12H8ClN7O3/c13-6-1-3-7(4-2-6)20-10(22)8(9(21)15-12(20)23)5-14-11-16-18-19-17-11/h1-5,22H,(H,15,21,23)(H,16,17,18,19)/p-1/b14-5+. The maximum atomic E-state index is 12.4. The number of halogens is 1. The van der Waals surface area contributed by atoms with E-state index in [4.69, 9.17) is 11.6 Å². The predicted molar refractivity (Wildman–Crippen MR) is 78.5 cm³/mol. The Morgan fingerprint density at radius 3 is 2.65 bits per heavy atom. The predicted octanol–water partition coefficient (Wildman–Crippen LogP) is -0.484. The summed E-state index contributed by atoms with van der Waals surface area (Å²) in [5.74, 6) is -0.888. The second kappa shape index (κ2) is 5.85. The monoisotopic (exact) mass is 332 g/mol. The van der Waals surface area contributed by atoms with Gasteiger partial charge in [-0.05, 0) is 35.4 Å². The molecule has 0 aliphatic rings. The third-order valence-corrected chi connectivity index (χ3v) is 3.08. The van der Waals surface area contributed by atoms with E-state index in [1.165, 1.54) is 24.3 Å². The normalized spacial score (nSPS) is 11.2. The van der Waals surface area contributed by atoms with E-state index < -0.39 is 17.1 Å². The minimum Gasteiger partial charge on any atom is -0.859 e. The van der Waals surface area contributed by atoms with Gasteiger partial charge in [0.05, 0.1) is 5.56 Å². The smallest absolute Gasteiger partial charge is 0.332 e. The van der Waals surface area contributed by atoms with Gasteiger partial charge in [0.1, 0.15) is 0 Å². The topological polar surface area (TPSA) is 145 Å². The Morgan fingerprint density at radius 2 is 2.00 bits per heavy atom. The lowest BCUT2D eigenvalue weighted by molar-refractivity contribution is -0.278. The van der Waals surface area contributed by atoms with E-state index in [9.17, 15) is 14.7 Å². The summed E-state index contributed by atoms with van der Waals surface area (Å²) in [7, 11) is 0. The SMILES string of the molecule is O=c1[nH]c(=O)n(-c2ccc(Cl)cc2)c([O-])c1/C=N/c1nn[nH]n1. The van der Waals surface area contributed by atoms with Gasteiger partial charge in [-0.3, -0.25) is 14.3 Å². The van der Waals surface area contributed by atoms with Crippen molar-refractivity contribution in [1.82, 2.24) is 30.2 Å². The summed E-state index contributed by atoms with van der Waals surface area (Å²) in [5.41, 5.74) is -1.81. The van der Waals surface area contributed by atoms with Crippen LogP contribution in [0.15, 0.2) is 38.8 Å². The highest BCUT2D eigenvalue weighted by molar-refractivity contribution is 6.30. The Bertz CT molecular complexity index is 973. The third-order valence-electron chi connectivity index (χ3n) is 2.83. The van der Waals surface area contributed by atoms with Gasteiger partial charge in [-0.25, -0.2) is 9.79 Å². The van der Waals surface area contributed by atoms with E-state index in [-0.39, 0.29) is 17.2 Å². The van der Waals surface area contributed by atoms with Crippen molar-refractivity contribution in [2.45, 2.75) is 0 Å². The molecule has 1 aromatic carbocycles. The first-order chi connectivity index (χ1) is 11.1. The average Bonchev–Trinajstić information content (AvgIpc) is 3.02. The molecule has 10 nitrogen and oxygen atoms in total. The molecule has 11 heteroatoms. The van der Waals surface area contributed by atoms with E-state index in [0.29, 0.717) is 5.02 Å². The Kier molecular flexibility index (Phi) is 3.73. The highest BCUT2D eigenvalue weighted by atomic mass is 35.5. The molecule has 0 bridgehead atoms. The summed E-state index contributed by atoms with van der Waals surface area (Å²) < 4.78 is 0.801. The van der Waals surface area contributed by atoms with Crippen molar-refractivity contribution in [2.24, 2.45) is 4.99 Å². The Hall–Kier alpha value is -3.27. The summed E-state index contributed by atoms with van der Waals surface area (Å²) in [6.45, 7) is 0. The van der Waals surface area contributed by atoms with Gasteiger partial charge >= 0.3 is 5.69 Å². The lowest BCUT2D eigenvalue weighted by atomic mass is 10.3. The van der Waals surface area contributed by atoms with Gasteiger partial charge in [0.15, 0.2) is 0 Å². The summed E-state index contributed by atoms with van der Waals surface area (Å²) in [6, 6.07) is 5.98. The van der Waals surface area contributed by atoms with Crippen LogP contribution in [0.5, 0.6) is 5.88 Å². The molecule has 0 atom stereocenters. The molecule has 0 saturated carbocycles. The van der Waals surface area contributed by atoms with Gasteiger partial charge in [0.25, 0.3) is 11.5 Å². The van der Waals surface area contributed by atoms with Gasteiger partial charge in [0, 0.05) is 16.9 Å². The molecule has 2 N–H and O–H groups in total. The zero-order valence-electron chi connectivity index (χ0n) is 11.2. The number of nitrogens with zero attached hydrogens (tertiary/aromatic N) is 5. The molecule has 0 spiro atoms. The maximum Gasteiger partial charge on any atom is 0.332 e. The lowest BCUT2D eigenvalue weighted by Crippen LogP contribution is -2.33. The first-order valence-corrected chi connectivity index (χ1v) is 6.54. The molecular formula is C12H7ClN7O3-. The summed E-state index contributed by atoms with van der Waals surface area (Å²) in [5, 5.41) is 25.4. The van der Waals surface area contributed by atoms with Crippen LogP contribution < -0.4 is 16.4 Å². The van der Waals surface area contributed by atoms with E-state index in [0.717, 1.165) is 10.8 Å². The second-order valence-corrected chi connectivity index (χ2v) is 4.70. The number of benzene rings is 1. The molecule has 116 valence electrons. The van der Waals surface area contributed by atoms with Crippen molar-refractivity contribution in [3.8, 4) is 11.6 Å². The van der Waals surface area contributed by atoms with Crippen LogP contribution >= 0.6 is 11.6 Å². The van der Waals surface area contributed by atoms with Gasteiger partial charge in [0.2, 0.25) is 0 Å². The Balaban J connectivity index is 2.15. The molecule has 3 rings (SSSR count). The number of aromatic amines is 2. The first kappa shape index (κ1) is 14.7. The Morgan fingerprint density at radius 1 is 1.26 bits per heavy atom. The number of tetrazole rings is 1. The van der Waals surface area contributed by atoms with Crippen molar-refractivity contribution in [2.75, 3.05) is 0 Å². The van der Waals surface area contributed by atoms with Crippen LogP contribution in [-0.4, -0.2) is 36.4 Å². The van der Waals surface area contributed by atoms with E-state index in [2.05, 4.69) is 30.6 Å². The highest BCUT2D eigenvalue weighted by Gasteiger charge is 2.08. The van der Waals surface area contributed by atoms with E-state index >= 15 is 0 Å². The van der Waals surface area contributed by atoms with Crippen molar-refractivity contribution in [3.63, 3.8) is 0 Å². The van der Waals surface area contributed by atoms with Crippen LogP contribution in [0.25, 0.3) is 5.69 Å². The lowest BCUT2D eigenvalue weighted by Gasteiger charge is -2.17. The van der Waals surface area contributed by atoms with Gasteiger partial charge in [-0.2, -0.15) is 5.21 Å². The first-order valence-electron chi connectivity index (χ1n) is 6.16. The molecule has 0 saturated heterocycles. The number of hydrogen-bond donors (Lipinski definition) is 2. The molecule has 0 radical (unpaired) electrons. The molecule has 0 aliphatic heterocycles. The molecule has 2 heterocycles. The van der Waals surface area contributed by atoms with E-state index in [1.54, 1.807) is 0 Å². The number of H-pyrrole nitrogens is 2. The quantitative estimate of drug-likeness (QED) is 0.619. The molecule has 0 unspecified atom stereocenters. The van der Waals surface area contributed by atoms with Crippen molar-refractivity contribution in [1.29, 1.82) is 0 Å². The van der Waals surface area contributed by atoms with Gasteiger partial charge < -0.3 is 5.11 Å². The molecule has 0 amide bonds. The minimum absolute atomic E-state index is 0.0620. The number of aliphatic imine (C=N–C) groups is 1. The molecule has 23 heavy (non-hydrogen) atoms. The minimum atomic E-state index is -0.863. The number of aromatic nitrogens is 6. The van der Waals surface area contributed by atoms with Crippen molar-refractivity contribution < 1.29 is 5.11 Å². The van der Waals surface area contributed by atoms with Crippen LogP contribution in [0.4, 0.5) is 5.95 Å². The fourth-order valence-electron chi connectivity index (χ4n) is 1.80. The molecule has 3 aromatic rings. The third kappa shape index (κ3) is 2.87. The zero-order valence-corrected chi connectivity index (χ0v) is 12.0. The second-order valence-electron chi connectivity index (χ2n) is 4.26. The van der Waals surface area contributed by atoms with Crippen molar-refractivity contribution >= 4 is 23.8 Å². The number of nitrogens with one attached hydrogen (secondary N) is 2. The van der Waals surface area contributed by atoms with Crippen LogP contribution in [0.3, 0.4) is 0 Å². The Labute approximate surface area is 132 Å². The van der Waals surface area contributed by atoms with E-state index in [1.807, 2.05) is 0 Å². The van der Waals surface area contributed by atoms with Crippen molar-refractivity contribution in [3.05, 3.63) is 55.7 Å². The number of hydrogen-bond acceptors (Lipinski definition) is 7. The fourth-order valence-corrected chi connectivity index (χ4v) is 1.93. The molecule has 0 aliphatic carbocycles. The van der Waals surface area contributed by atoms with Crippen LogP contribution in [0.1, 0.15) is 5.56 Å². The molecule has 2 aromatic heterocycles. The summed E-state index contributed by atoms with van der Waals surface area (Å²) >= 11 is 5.77. The maximum absolute atomic E-state index is 12.4. The zero-order chi connectivity index (χ0) is 16.4. The van der Waals surface area contributed by atoms with Crippen LogP contribution in [0, 0.1) is 0 Å². The van der Waals surface area contributed by atoms with Crippen LogP contribution in [-0.2, 0) is 0 Å². The molecule has 0 fully saturated rings. The fraction of sp³-hybridized carbons (Fsp3) is 0. The van der Waals surface area contributed by atoms with Gasteiger partial charge in [-0.1, -0.05) is 16.7 Å². The summed E-state index contributed by atoms with van der Waals surface area (Å²) in [4.78, 5) is 29.5. The average molecular weight is 333 g/mol. The molecular weight excluding hydrogens is 326 g/mol. The number of rotatable bonds is 3. The largest absolute Gasteiger partial charge is 0.859 e. The van der Waals surface area contributed by atoms with Crippen LogP contribution in [0.2, 0.25) is 5.02 Å². The summed E-state index contributed by atoms with van der Waals surface area (Å²) in [6.07, 6.45) is 0.970. The van der Waals surface area contributed by atoms with Gasteiger partial charge in [-0.15, -0.1) is 5.10 Å². The highest BCUT2D eigenvalue weighted by Crippen LogP contribution is 2.16.